The molecule has 1 aliphatic heterocycles. The number of ether oxygens (including phenoxy) is 1. The minimum absolute atomic E-state index is 0.0925. The fourth-order valence-electron chi connectivity index (χ4n) is 2.35. The second-order valence-electron chi connectivity index (χ2n) is 5.00. The summed E-state index contributed by atoms with van der Waals surface area (Å²) in [6, 6.07) is 4.83. The molecule has 3 rings (SSSR count). The van der Waals surface area contributed by atoms with Gasteiger partial charge in [0, 0.05) is 18.8 Å². The van der Waals surface area contributed by atoms with Crippen LogP contribution in [0.15, 0.2) is 24.5 Å². The molecule has 1 saturated heterocycles. The predicted molar refractivity (Wildman–Crippen MR) is 91.5 cm³/mol. The van der Waals surface area contributed by atoms with E-state index in [4.69, 9.17) is 27.9 Å². The zero-order valence-corrected chi connectivity index (χ0v) is 13.9. The first-order chi connectivity index (χ1) is 11.6. The zero-order chi connectivity index (χ0) is 17.1. The van der Waals surface area contributed by atoms with Gasteiger partial charge in [0.05, 0.1) is 28.2 Å². The number of aromatic nitrogens is 2. The largest absolute Gasteiger partial charge is 0.378 e. The highest BCUT2D eigenvalue weighted by Crippen LogP contribution is 2.35. The summed E-state index contributed by atoms with van der Waals surface area (Å²) in [4.78, 5) is 21.0. The third kappa shape index (κ3) is 3.50. The van der Waals surface area contributed by atoms with Crippen LogP contribution in [0.3, 0.4) is 0 Å². The van der Waals surface area contributed by atoms with Crippen molar-refractivity contribution in [2.45, 2.75) is 0 Å². The predicted octanol–water partition coefficient (Wildman–Crippen LogP) is 3.27. The molecule has 1 aromatic carbocycles. The van der Waals surface area contributed by atoms with Gasteiger partial charge in [-0.05, 0) is 18.2 Å². The molecular formula is C14H13Cl2N5O3. The van der Waals surface area contributed by atoms with Crippen LogP contribution in [0.25, 0.3) is 0 Å². The summed E-state index contributed by atoms with van der Waals surface area (Å²) in [5.74, 6) is 0.357. The first kappa shape index (κ1) is 16.7. The lowest BCUT2D eigenvalue weighted by Gasteiger charge is -2.27. The van der Waals surface area contributed by atoms with E-state index in [1.807, 2.05) is 4.90 Å². The van der Waals surface area contributed by atoms with E-state index >= 15 is 0 Å². The number of nitrogens with one attached hydrogen (secondary N) is 1. The van der Waals surface area contributed by atoms with Crippen LogP contribution in [0.5, 0.6) is 0 Å². The van der Waals surface area contributed by atoms with Gasteiger partial charge in [-0.25, -0.2) is 9.97 Å². The summed E-state index contributed by atoms with van der Waals surface area (Å²) < 4.78 is 5.27. The molecule has 1 fully saturated rings. The number of morpholine rings is 1. The monoisotopic (exact) mass is 369 g/mol. The second-order valence-corrected chi connectivity index (χ2v) is 5.82. The molecule has 0 unspecified atom stereocenters. The molecule has 2 heterocycles. The van der Waals surface area contributed by atoms with Crippen LogP contribution in [0.2, 0.25) is 10.0 Å². The van der Waals surface area contributed by atoms with Crippen molar-refractivity contribution < 1.29 is 9.66 Å². The number of hydrogen-bond acceptors (Lipinski definition) is 7. The van der Waals surface area contributed by atoms with Crippen molar-refractivity contribution in [3.8, 4) is 0 Å². The number of hydrogen-bond donors (Lipinski definition) is 1. The molecule has 10 heteroatoms. The summed E-state index contributed by atoms with van der Waals surface area (Å²) in [5.41, 5.74) is 0.351. The Bertz CT molecular complexity index is 768. The quantitative estimate of drug-likeness (QED) is 0.652. The van der Waals surface area contributed by atoms with Crippen molar-refractivity contribution in [3.63, 3.8) is 0 Å². The van der Waals surface area contributed by atoms with E-state index in [-0.39, 0.29) is 17.3 Å². The molecule has 8 nitrogen and oxygen atoms in total. The van der Waals surface area contributed by atoms with Crippen molar-refractivity contribution in [1.82, 2.24) is 9.97 Å². The minimum atomic E-state index is -0.495. The second kappa shape index (κ2) is 7.16. The molecule has 126 valence electrons. The van der Waals surface area contributed by atoms with Crippen molar-refractivity contribution in [2.24, 2.45) is 0 Å². The summed E-state index contributed by atoms with van der Waals surface area (Å²) in [5, 5.41) is 15.2. The van der Waals surface area contributed by atoms with Crippen molar-refractivity contribution in [1.29, 1.82) is 0 Å². The van der Waals surface area contributed by atoms with Gasteiger partial charge >= 0.3 is 5.69 Å². The molecule has 0 atom stereocenters. The van der Waals surface area contributed by atoms with Gasteiger partial charge in [-0.1, -0.05) is 23.2 Å². The Morgan fingerprint density at radius 1 is 1.21 bits per heavy atom. The van der Waals surface area contributed by atoms with Crippen molar-refractivity contribution in [3.05, 3.63) is 44.7 Å². The number of nitro groups is 1. The van der Waals surface area contributed by atoms with Crippen LogP contribution in [-0.4, -0.2) is 41.2 Å². The highest BCUT2D eigenvalue weighted by molar-refractivity contribution is 6.42. The van der Waals surface area contributed by atoms with E-state index in [9.17, 15) is 10.1 Å². The fourth-order valence-corrected chi connectivity index (χ4v) is 2.64. The Kier molecular flexibility index (Phi) is 4.98. The average Bonchev–Trinajstić information content (AvgIpc) is 2.58. The standard InChI is InChI=1S/C14H13Cl2N5O3/c15-10-2-1-9(7-11(10)16)19-13-12(21(22)23)14(18-8-17-13)20-3-5-24-6-4-20/h1-2,7-8H,3-6H2,(H,17,18,19). The lowest BCUT2D eigenvalue weighted by Crippen LogP contribution is -2.37. The zero-order valence-electron chi connectivity index (χ0n) is 12.4. The number of halogens is 2. The molecule has 1 N–H and O–H groups in total. The fraction of sp³-hybridized carbons (Fsp3) is 0.286. The average molecular weight is 370 g/mol. The molecule has 0 aliphatic carbocycles. The van der Waals surface area contributed by atoms with Gasteiger partial charge in [0.25, 0.3) is 0 Å². The summed E-state index contributed by atoms with van der Waals surface area (Å²) in [6.45, 7) is 2.06. The third-order valence-corrected chi connectivity index (χ3v) is 4.22. The number of rotatable bonds is 4. The smallest absolute Gasteiger partial charge is 0.353 e. The lowest BCUT2D eigenvalue weighted by molar-refractivity contribution is -0.383. The van der Waals surface area contributed by atoms with Crippen LogP contribution in [0, 0.1) is 10.1 Å². The number of benzene rings is 1. The summed E-state index contributed by atoms with van der Waals surface area (Å²) in [7, 11) is 0. The maximum absolute atomic E-state index is 11.6. The molecule has 24 heavy (non-hydrogen) atoms. The maximum atomic E-state index is 11.6. The Balaban J connectivity index is 1.97. The molecule has 1 aromatic heterocycles. The van der Waals surface area contributed by atoms with Crippen LogP contribution in [-0.2, 0) is 4.74 Å². The van der Waals surface area contributed by atoms with Gasteiger partial charge in [0.2, 0.25) is 11.6 Å². The Hall–Kier alpha value is -2.16. The summed E-state index contributed by atoms with van der Waals surface area (Å²) in [6.07, 6.45) is 1.29. The van der Waals surface area contributed by atoms with E-state index in [1.165, 1.54) is 6.33 Å². The number of nitrogens with zero attached hydrogens (tertiary/aromatic N) is 4. The molecule has 0 amide bonds. The van der Waals surface area contributed by atoms with E-state index in [0.717, 1.165) is 0 Å². The van der Waals surface area contributed by atoms with E-state index in [1.54, 1.807) is 18.2 Å². The highest BCUT2D eigenvalue weighted by atomic mass is 35.5. The van der Waals surface area contributed by atoms with E-state index in [2.05, 4.69) is 15.3 Å². The molecular weight excluding hydrogens is 357 g/mol. The minimum Gasteiger partial charge on any atom is -0.378 e. The van der Waals surface area contributed by atoms with Gasteiger partial charge < -0.3 is 15.0 Å². The van der Waals surface area contributed by atoms with Crippen LogP contribution >= 0.6 is 23.2 Å². The highest BCUT2D eigenvalue weighted by Gasteiger charge is 2.28. The van der Waals surface area contributed by atoms with Gasteiger partial charge in [0.1, 0.15) is 6.33 Å². The van der Waals surface area contributed by atoms with Gasteiger partial charge in [-0.15, -0.1) is 0 Å². The van der Waals surface area contributed by atoms with Crippen LogP contribution < -0.4 is 10.2 Å². The molecule has 1 aliphatic rings. The summed E-state index contributed by atoms with van der Waals surface area (Å²) >= 11 is 11.9. The van der Waals surface area contributed by atoms with E-state index in [0.29, 0.717) is 42.0 Å². The van der Waals surface area contributed by atoms with Crippen molar-refractivity contribution >= 4 is 46.2 Å². The lowest BCUT2D eigenvalue weighted by atomic mass is 10.3. The molecule has 0 saturated carbocycles. The Morgan fingerprint density at radius 2 is 1.96 bits per heavy atom. The topological polar surface area (TPSA) is 93.4 Å². The Morgan fingerprint density at radius 3 is 2.62 bits per heavy atom. The van der Waals surface area contributed by atoms with Crippen LogP contribution in [0.1, 0.15) is 0 Å². The van der Waals surface area contributed by atoms with E-state index < -0.39 is 4.92 Å². The number of anilines is 3. The van der Waals surface area contributed by atoms with Gasteiger partial charge in [0.15, 0.2) is 0 Å². The SMILES string of the molecule is O=[N+]([O-])c1c(Nc2ccc(Cl)c(Cl)c2)ncnc1N1CCOCC1. The first-order valence-corrected chi connectivity index (χ1v) is 7.86. The molecule has 0 spiro atoms. The molecule has 0 bridgehead atoms. The maximum Gasteiger partial charge on any atom is 0.353 e. The van der Waals surface area contributed by atoms with Gasteiger partial charge in [-0.3, -0.25) is 10.1 Å². The molecule has 0 radical (unpaired) electrons. The Labute approximate surface area is 147 Å². The van der Waals surface area contributed by atoms with Gasteiger partial charge in [-0.2, -0.15) is 0 Å². The normalized spacial score (nSPS) is 14.5. The first-order valence-electron chi connectivity index (χ1n) is 7.10. The van der Waals surface area contributed by atoms with Crippen molar-refractivity contribution in [2.75, 3.05) is 36.5 Å². The molecule has 2 aromatic rings. The van der Waals surface area contributed by atoms with Crippen LogP contribution in [0.4, 0.5) is 23.0 Å². The third-order valence-electron chi connectivity index (χ3n) is 3.48.